The summed E-state index contributed by atoms with van der Waals surface area (Å²) in [5, 5.41) is 9.65. The molecule has 3 rings (SSSR count). The molecule has 2 heterocycles. The number of hydrogen-bond acceptors (Lipinski definition) is 5. The normalized spacial score (nSPS) is 10.5. The molecule has 0 bridgehead atoms. The number of nitrogens with one attached hydrogen (secondary N) is 3. The highest BCUT2D eigenvalue weighted by Crippen LogP contribution is 2.18. The molecule has 0 saturated carbocycles. The lowest BCUT2D eigenvalue weighted by Crippen LogP contribution is -2.23. The van der Waals surface area contributed by atoms with E-state index < -0.39 is 0 Å². The van der Waals surface area contributed by atoms with E-state index in [1.54, 1.807) is 7.11 Å². The van der Waals surface area contributed by atoms with Gasteiger partial charge in [-0.1, -0.05) is 0 Å². The summed E-state index contributed by atoms with van der Waals surface area (Å²) in [4.78, 5) is 30.4. The predicted octanol–water partition coefficient (Wildman–Crippen LogP) is 1.94. The fraction of sp³-hybridized carbons (Fsp3) is 0.176. The minimum Gasteiger partial charge on any atom is -0.497 e. The van der Waals surface area contributed by atoms with Gasteiger partial charge in [0.1, 0.15) is 17.3 Å². The number of hydrogen-bond donors (Lipinski definition) is 3. The van der Waals surface area contributed by atoms with Crippen molar-refractivity contribution in [2.24, 2.45) is 0 Å². The Balaban J connectivity index is 1.62. The third-order valence-corrected chi connectivity index (χ3v) is 3.63. The van der Waals surface area contributed by atoms with Gasteiger partial charge < -0.3 is 15.0 Å². The summed E-state index contributed by atoms with van der Waals surface area (Å²) in [5.74, 6) is 1.38. The lowest BCUT2D eigenvalue weighted by Gasteiger charge is -2.00. The standard InChI is InChI=1S/C17H17N5O3/c1-10(23)12-7-14(18-8-12)17(24)19-9-15-20-16(22-21-15)11-3-5-13(25-2)6-4-11/h3-8,18H,9H2,1-2H3,(H,19,24)(H,20,21,22). The first-order valence-corrected chi connectivity index (χ1v) is 7.60. The Kier molecular flexibility index (Phi) is 4.60. The Bertz CT molecular complexity index is 895. The zero-order chi connectivity index (χ0) is 17.8. The van der Waals surface area contributed by atoms with Gasteiger partial charge in [0.2, 0.25) is 0 Å². The third kappa shape index (κ3) is 3.74. The first kappa shape index (κ1) is 16.4. The largest absolute Gasteiger partial charge is 0.497 e. The van der Waals surface area contributed by atoms with E-state index in [1.165, 1.54) is 19.2 Å². The lowest BCUT2D eigenvalue weighted by molar-refractivity contribution is 0.0945. The molecule has 0 aliphatic heterocycles. The molecule has 3 N–H and O–H groups in total. The topological polar surface area (TPSA) is 113 Å². The van der Waals surface area contributed by atoms with E-state index in [-0.39, 0.29) is 18.2 Å². The summed E-state index contributed by atoms with van der Waals surface area (Å²) in [6, 6.07) is 8.87. The SMILES string of the molecule is COc1ccc(-c2n[nH]c(CNC(=O)c3cc(C(C)=O)c[nH]3)n2)cc1. The third-order valence-electron chi connectivity index (χ3n) is 3.63. The minimum absolute atomic E-state index is 0.102. The molecule has 0 saturated heterocycles. The van der Waals surface area contributed by atoms with Gasteiger partial charge in [0.15, 0.2) is 11.6 Å². The number of benzene rings is 1. The summed E-state index contributed by atoms with van der Waals surface area (Å²) >= 11 is 0. The maximum Gasteiger partial charge on any atom is 0.268 e. The maximum absolute atomic E-state index is 12.1. The first-order valence-electron chi connectivity index (χ1n) is 7.60. The Morgan fingerprint density at radius 3 is 2.64 bits per heavy atom. The average molecular weight is 339 g/mol. The highest BCUT2D eigenvalue weighted by Gasteiger charge is 2.12. The summed E-state index contributed by atoms with van der Waals surface area (Å²) in [7, 11) is 1.60. The number of methoxy groups -OCH3 is 1. The van der Waals surface area contributed by atoms with E-state index in [1.807, 2.05) is 24.3 Å². The molecule has 3 aromatic rings. The van der Waals surface area contributed by atoms with Crippen LogP contribution in [0.5, 0.6) is 5.75 Å². The summed E-state index contributed by atoms with van der Waals surface area (Å²) < 4.78 is 5.11. The molecule has 128 valence electrons. The van der Waals surface area contributed by atoms with Crippen molar-refractivity contribution in [2.75, 3.05) is 7.11 Å². The average Bonchev–Trinajstić information content (AvgIpc) is 3.29. The van der Waals surface area contributed by atoms with Gasteiger partial charge in [-0.25, -0.2) is 4.98 Å². The van der Waals surface area contributed by atoms with Gasteiger partial charge in [-0.15, -0.1) is 0 Å². The van der Waals surface area contributed by atoms with Crippen LogP contribution in [0.25, 0.3) is 11.4 Å². The molecule has 25 heavy (non-hydrogen) atoms. The molecule has 0 aliphatic rings. The summed E-state index contributed by atoms with van der Waals surface area (Å²) in [6.07, 6.45) is 1.51. The Labute approximate surface area is 143 Å². The molecule has 0 aliphatic carbocycles. The monoisotopic (exact) mass is 339 g/mol. The predicted molar refractivity (Wildman–Crippen MR) is 90.3 cm³/mol. The number of aromatic nitrogens is 4. The molecule has 8 heteroatoms. The molecule has 0 unspecified atom stereocenters. The number of H-pyrrole nitrogens is 2. The first-order chi connectivity index (χ1) is 12.1. The van der Waals surface area contributed by atoms with Gasteiger partial charge in [-0.05, 0) is 37.3 Å². The van der Waals surface area contributed by atoms with Crippen molar-refractivity contribution in [3.63, 3.8) is 0 Å². The van der Waals surface area contributed by atoms with Crippen LogP contribution in [0.2, 0.25) is 0 Å². The van der Waals surface area contributed by atoms with Crippen molar-refractivity contribution < 1.29 is 14.3 Å². The number of amides is 1. The van der Waals surface area contributed by atoms with Crippen LogP contribution in [-0.2, 0) is 6.54 Å². The number of carbonyl (C=O) groups excluding carboxylic acids is 2. The van der Waals surface area contributed by atoms with E-state index >= 15 is 0 Å². The highest BCUT2D eigenvalue weighted by atomic mass is 16.5. The van der Waals surface area contributed by atoms with E-state index in [0.29, 0.717) is 22.9 Å². The van der Waals surface area contributed by atoms with Gasteiger partial charge in [-0.3, -0.25) is 14.7 Å². The van der Waals surface area contributed by atoms with Gasteiger partial charge in [0, 0.05) is 17.3 Å². The van der Waals surface area contributed by atoms with Crippen molar-refractivity contribution in [3.05, 3.63) is 53.6 Å². The Morgan fingerprint density at radius 1 is 1.24 bits per heavy atom. The smallest absolute Gasteiger partial charge is 0.268 e. The van der Waals surface area contributed by atoms with E-state index in [0.717, 1.165) is 11.3 Å². The molecule has 2 aromatic heterocycles. The van der Waals surface area contributed by atoms with Crippen LogP contribution < -0.4 is 10.1 Å². The number of rotatable bonds is 6. The maximum atomic E-state index is 12.1. The molecule has 1 aromatic carbocycles. The fourth-order valence-electron chi connectivity index (χ4n) is 2.23. The zero-order valence-electron chi connectivity index (χ0n) is 13.8. The van der Waals surface area contributed by atoms with Crippen LogP contribution in [0.15, 0.2) is 36.5 Å². The Hall–Kier alpha value is -3.42. The number of Topliss-reactive ketones (excluding diaryl/α,β-unsaturated/α-hetero) is 1. The van der Waals surface area contributed by atoms with Gasteiger partial charge in [-0.2, -0.15) is 5.10 Å². The number of aromatic amines is 2. The minimum atomic E-state index is -0.324. The van der Waals surface area contributed by atoms with Crippen molar-refractivity contribution in [1.29, 1.82) is 0 Å². The molecule has 1 amide bonds. The Morgan fingerprint density at radius 2 is 2.00 bits per heavy atom. The molecule has 0 radical (unpaired) electrons. The number of ketones is 1. The van der Waals surface area contributed by atoms with Gasteiger partial charge >= 0.3 is 0 Å². The molecule has 0 fully saturated rings. The summed E-state index contributed by atoms with van der Waals surface area (Å²) in [6.45, 7) is 1.64. The van der Waals surface area contributed by atoms with Crippen LogP contribution in [0.4, 0.5) is 0 Å². The zero-order valence-corrected chi connectivity index (χ0v) is 13.8. The molecular formula is C17H17N5O3. The highest BCUT2D eigenvalue weighted by molar-refractivity contribution is 5.99. The van der Waals surface area contributed by atoms with E-state index in [2.05, 4.69) is 25.5 Å². The lowest BCUT2D eigenvalue weighted by atomic mass is 10.2. The van der Waals surface area contributed by atoms with Gasteiger partial charge in [0.05, 0.1) is 13.7 Å². The van der Waals surface area contributed by atoms with Crippen LogP contribution >= 0.6 is 0 Å². The van der Waals surface area contributed by atoms with Gasteiger partial charge in [0.25, 0.3) is 5.91 Å². The van der Waals surface area contributed by atoms with E-state index in [4.69, 9.17) is 4.74 Å². The van der Waals surface area contributed by atoms with Crippen LogP contribution in [0.3, 0.4) is 0 Å². The second kappa shape index (κ2) is 7.00. The summed E-state index contributed by atoms with van der Waals surface area (Å²) in [5.41, 5.74) is 1.62. The van der Waals surface area contributed by atoms with Crippen LogP contribution in [-0.4, -0.2) is 39.0 Å². The molecular weight excluding hydrogens is 322 g/mol. The van der Waals surface area contributed by atoms with Crippen molar-refractivity contribution in [1.82, 2.24) is 25.5 Å². The van der Waals surface area contributed by atoms with Crippen molar-refractivity contribution in [2.45, 2.75) is 13.5 Å². The van der Waals surface area contributed by atoms with Crippen molar-refractivity contribution >= 4 is 11.7 Å². The second-order valence-corrected chi connectivity index (χ2v) is 5.38. The second-order valence-electron chi connectivity index (χ2n) is 5.38. The quantitative estimate of drug-likeness (QED) is 0.594. The number of nitrogens with zero attached hydrogens (tertiary/aromatic N) is 2. The number of carbonyl (C=O) groups is 2. The van der Waals surface area contributed by atoms with Crippen LogP contribution in [0, 0.1) is 0 Å². The number of ether oxygens (including phenoxy) is 1. The van der Waals surface area contributed by atoms with Crippen molar-refractivity contribution in [3.8, 4) is 17.1 Å². The molecule has 0 spiro atoms. The fourth-order valence-corrected chi connectivity index (χ4v) is 2.23. The molecule has 8 nitrogen and oxygen atoms in total. The molecule has 0 atom stereocenters. The van der Waals surface area contributed by atoms with Crippen LogP contribution in [0.1, 0.15) is 33.6 Å². The van der Waals surface area contributed by atoms with E-state index in [9.17, 15) is 9.59 Å².